The zero-order valence-electron chi connectivity index (χ0n) is 27.9. The Morgan fingerprint density at radius 2 is 1.02 bits per heavy atom. The van der Waals surface area contributed by atoms with Gasteiger partial charge in [0.1, 0.15) is 0 Å². The molecule has 2 aromatic rings. The van der Waals surface area contributed by atoms with Crippen molar-refractivity contribution >= 4 is 5.97 Å². The van der Waals surface area contributed by atoms with Crippen molar-refractivity contribution in [1.82, 2.24) is 0 Å². The second-order valence-corrected chi connectivity index (χ2v) is 12.2. The number of ether oxygens (including phenoxy) is 3. The molecule has 4 heteroatoms. The first-order valence-corrected chi connectivity index (χ1v) is 17.8. The van der Waals surface area contributed by atoms with Crippen LogP contribution in [0.15, 0.2) is 48.5 Å². The van der Waals surface area contributed by atoms with Crippen molar-refractivity contribution in [2.24, 2.45) is 0 Å². The third-order valence-corrected chi connectivity index (χ3v) is 8.29. The molecule has 1 atom stereocenters. The van der Waals surface area contributed by atoms with Gasteiger partial charge in [-0.15, -0.1) is 0 Å². The second kappa shape index (κ2) is 25.0. The normalized spacial score (nSPS) is 11.9. The van der Waals surface area contributed by atoms with Gasteiger partial charge in [0.2, 0.25) is 0 Å². The highest BCUT2D eigenvalue weighted by molar-refractivity contribution is 5.91. The van der Waals surface area contributed by atoms with E-state index in [1.54, 1.807) is 6.07 Å². The van der Waals surface area contributed by atoms with Crippen LogP contribution in [0.1, 0.15) is 171 Å². The zero-order valence-corrected chi connectivity index (χ0v) is 27.9. The molecule has 0 N–H and O–H groups in total. The third kappa shape index (κ3) is 17.5. The van der Waals surface area contributed by atoms with Crippen LogP contribution in [-0.4, -0.2) is 19.2 Å². The molecule has 0 bridgehead atoms. The van der Waals surface area contributed by atoms with E-state index in [2.05, 4.69) is 20.8 Å². The number of rotatable bonds is 27. The van der Waals surface area contributed by atoms with E-state index in [9.17, 15) is 4.79 Å². The van der Waals surface area contributed by atoms with Crippen molar-refractivity contribution in [3.63, 3.8) is 0 Å². The Hall–Kier alpha value is -2.33. The van der Waals surface area contributed by atoms with Gasteiger partial charge in [0.15, 0.2) is 11.5 Å². The number of hydrogen-bond acceptors (Lipinski definition) is 4. The summed E-state index contributed by atoms with van der Waals surface area (Å²) in [5, 5.41) is 0. The van der Waals surface area contributed by atoms with E-state index in [1.807, 2.05) is 42.5 Å². The predicted molar refractivity (Wildman–Crippen MR) is 181 cm³/mol. The van der Waals surface area contributed by atoms with E-state index in [-0.39, 0.29) is 12.1 Å². The van der Waals surface area contributed by atoms with Crippen LogP contribution in [0.5, 0.6) is 11.5 Å². The number of unbranched alkanes of at least 4 members (excludes halogenated alkanes) is 18. The maximum absolute atomic E-state index is 12.7. The largest absolute Gasteiger partial charge is 0.490 e. The Balaban J connectivity index is 1.47. The molecule has 43 heavy (non-hydrogen) atoms. The van der Waals surface area contributed by atoms with E-state index < -0.39 is 0 Å². The van der Waals surface area contributed by atoms with Crippen molar-refractivity contribution in [2.45, 2.75) is 155 Å². The lowest BCUT2D eigenvalue weighted by Crippen LogP contribution is -2.10. The first-order valence-electron chi connectivity index (χ1n) is 17.8. The van der Waals surface area contributed by atoms with Gasteiger partial charge in [-0.05, 0) is 49.6 Å². The molecule has 0 spiro atoms. The third-order valence-electron chi connectivity index (χ3n) is 8.29. The molecule has 0 saturated carbocycles. The summed E-state index contributed by atoms with van der Waals surface area (Å²) in [4.78, 5) is 12.7. The van der Waals surface area contributed by atoms with Gasteiger partial charge in [-0.1, -0.05) is 154 Å². The fourth-order valence-electron chi connectivity index (χ4n) is 5.39. The molecule has 1 unspecified atom stereocenters. The molecular formula is C39H62O4. The van der Waals surface area contributed by atoms with Gasteiger partial charge in [0, 0.05) is 6.61 Å². The topological polar surface area (TPSA) is 44.8 Å². The number of hydrogen-bond donors (Lipinski definition) is 0. The Morgan fingerprint density at radius 3 is 1.53 bits per heavy atom. The summed E-state index contributed by atoms with van der Waals surface area (Å²) in [5.74, 6) is 0.668. The van der Waals surface area contributed by atoms with Crippen LogP contribution < -0.4 is 9.47 Å². The molecule has 0 radical (unpaired) electrons. The smallest absolute Gasteiger partial charge is 0.343 e. The maximum Gasteiger partial charge on any atom is 0.343 e. The number of carbonyl (C=O) groups excluding carboxylic acids is 1. The van der Waals surface area contributed by atoms with E-state index >= 15 is 0 Å². The lowest BCUT2D eigenvalue weighted by molar-refractivity contribution is 0.0625. The summed E-state index contributed by atoms with van der Waals surface area (Å²) in [6.45, 7) is 7.87. The first-order chi connectivity index (χ1) is 21.2. The Morgan fingerprint density at radius 1 is 0.558 bits per heavy atom. The fraction of sp³-hybridized carbons (Fsp3) is 0.667. The highest BCUT2D eigenvalue weighted by Crippen LogP contribution is 2.28. The quantitative estimate of drug-likeness (QED) is 0.0586. The van der Waals surface area contributed by atoms with Crippen molar-refractivity contribution in [3.05, 3.63) is 59.7 Å². The lowest BCUT2D eigenvalue weighted by atomic mass is 10.0. The minimum Gasteiger partial charge on any atom is -0.490 e. The molecule has 0 heterocycles. The van der Waals surface area contributed by atoms with Gasteiger partial charge in [-0.25, -0.2) is 4.79 Å². The average Bonchev–Trinajstić information content (AvgIpc) is 3.03. The molecule has 2 aromatic carbocycles. The molecule has 2 rings (SSSR count). The second-order valence-electron chi connectivity index (χ2n) is 12.2. The molecular weight excluding hydrogens is 532 g/mol. The molecule has 0 amide bonds. The highest BCUT2D eigenvalue weighted by Gasteiger charge is 2.14. The minimum atomic E-state index is -0.384. The van der Waals surface area contributed by atoms with E-state index in [1.165, 1.54) is 109 Å². The van der Waals surface area contributed by atoms with Crippen LogP contribution in [0.25, 0.3) is 0 Å². The van der Waals surface area contributed by atoms with Gasteiger partial charge in [0.05, 0.1) is 18.3 Å². The lowest BCUT2D eigenvalue weighted by Gasteiger charge is -2.14. The number of benzene rings is 2. The summed E-state index contributed by atoms with van der Waals surface area (Å²) in [6, 6.07) is 14.9. The number of carbonyl (C=O) groups is 1. The molecule has 0 aliphatic rings. The van der Waals surface area contributed by atoms with E-state index in [0.717, 1.165) is 31.4 Å². The molecule has 0 aliphatic heterocycles. The summed E-state index contributed by atoms with van der Waals surface area (Å²) < 4.78 is 17.5. The van der Waals surface area contributed by atoms with Crippen LogP contribution in [0.2, 0.25) is 0 Å². The van der Waals surface area contributed by atoms with Crippen molar-refractivity contribution in [1.29, 1.82) is 0 Å². The minimum absolute atomic E-state index is 0.00329. The molecule has 0 saturated heterocycles. The number of para-hydroxylation sites is 2. The van der Waals surface area contributed by atoms with Crippen molar-refractivity contribution in [3.8, 4) is 11.5 Å². The summed E-state index contributed by atoms with van der Waals surface area (Å²) in [7, 11) is 0. The summed E-state index contributed by atoms with van der Waals surface area (Å²) in [5.41, 5.74) is 1.59. The SMILES string of the molecule is CCCCCCCCCCCCCCCCCCCCOC(C)c1ccc(C(=O)Oc2ccccc2OCCCC)cc1. The Bertz CT molecular complexity index is 939. The maximum atomic E-state index is 12.7. The molecule has 0 fully saturated rings. The van der Waals surface area contributed by atoms with Gasteiger partial charge >= 0.3 is 5.97 Å². The van der Waals surface area contributed by atoms with E-state index in [4.69, 9.17) is 14.2 Å². The zero-order chi connectivity index (χ0) is 30.8. The van der Waals surface area contributed by atoms with Gasteiger partial charge < -0.3 is 14.2 Å². The van der Waals surface area contributed by atoms with Crippen LogP contribution in [0, 0.1) is 0 Å². The first kappa shape index (κ1) is 36.9. The Labute approximate surface area is 264 Å². The molecule has 4 nitrogen and oxygen atoms in total. The number of esters is 1. The summed E-state index contributed by atoms with van der Waals surface area (Å²) >= 11 is 0. The monoisotopic (exact) mass is 594 g/mol. The van der Waals surface area contributed by atoms with Crippen LogP contribution in [0.3, 0.4) is 0 Å². The summed E-state index contributed by atoms with van der Waals surface area (Å²) in [6.07, 6.45) is 26.9. The van der Waals surface area contributed by atoms with Crippen LogP contribution in [0.4, 0.5) is 0 Å². The van der Waals surface area contributed by atoms with Crippen molar-refractivity contribution < 1.29 is 19.0 Å². The highest BCUT2D eigenvalue weighted by atomic mass is 16.6. The fourth-order valence-corrected chi connectivity index (χ4v) is 5.39. The predicted octanol–water partition coefficient (Wildman–Crippen LogP) is 12.2. The van der Waals surface area contributed by atoms with Crippen LogP contribution >= 0.6 is 0 Å². The molecule has 0 aromatic heterocycles. The molecule has 242 valence electrons. The van der Waals surface area contributed by atoms with Gasteiger partial charge in [0.25, 0.3) is 0 Å². The van der Waals surface area contributed by atoms with Gasteiger partial charge in [-0.2, -0.15) is 0 Å². The average molecular weight is 595 g/mol. The van der Waals surface area contributed by atoms with Crippen LogP contribution in [-0.2, 0) is 4.74 Å². The van der Waals surface area contributed by atoms with Gasteiger partial charge in [-0.3, -0.25) is 0 Å². The Kier molecular flexibility index (Phi) is 21.5. The molecule has 0 aliphatic carbocycles. The van der Waals surface area contributed by atoms with E-state index in [0.29, 0.717) is 23.7 Å². The standard InChI is InChI=1S/C39H62O4/c1-4-6-8-9-10-11-12-13-14-15-16-17-18-19-20-21-22-25-33-41-34(3)35-28-30-36(31-29-35)39(40)43-38-27-24-23-26-37(38)42-32-7-5-2/h23-24,26-31,34H,4-22,25,32-33H2,1-3H3. The van der Waals surface area contributed by atoms with Crippen molar-refractivity contribution in [2.75, 3.05) is 13.2 Å².